The maximum absolute atomic E-state index is 13.1. The number of hydrogen-bond acceptors (Lipinski definition) is 7. The number of aromatic nitrogens is 3. The van der Waals surface area contributed by atoms with Crippen LogP contribution < -0.4 is 5.32 Å². The molecule has 7 nitrogen and oxygen atoms in total. The first-order valence-electron chi connectivity index (χ1n) is 10.8. The smallest absolute Gasteiger partial charge is 0.416 e. The normalized spacial score (nSPS) is 18.4. The number of aromatic hydroxyl groups is 1. The molecule has 10 heteroatoms. The predicted octanol–water partition coefficient (Wildman–Crippen LogP) is 3.98. The second-order valence-electron chi connectivity index (χ2n) is 8.49. The fraction of sp³-hybridized carbons (Fsp3) is 0.435. The molecule has 1 fully saturated rings. The molecule has 3 N–H and O–H groups in total. The molecular weight excluding hydrogens is 435 g/mol. The minimum Gasteiger partial charge on any atom is -0.507 e. The summed E-state index contributed by atoms with van der Waals surface area (Å²) >= 11 is 0. The summed E-state index contributed by atoms with van der Waals surface area (Å²) in [4.78, 5) is 6.65. The average Bonchev–Trinajstić information content (AvgIpc) is 2.79. The van der Waals surface area contributed by atoms with Crippen LogP contribution in [0, 0.1) is 6.92 Å². The van der Waals surface area contributed by atoms with Gasteiger partial charge in [-0.2, -0.15) is 13.2 Å². The Kier molecular flexibility index (Phi) is 6.40. The average molecular weight is 461 g/mol. The fourth-order valence-electron chi connectivity index (χ4n) is 4.34. The Morgan fingerprint density at radius 3 is 2.76 bits per heavy atom. The Morgan fingerprint density at radius 2 is 2.06 bits per heavy atom. The van der Waals surface area contributed by atoms with Crippen molar-refractivity contribution < 1.29 is 23.4 Å². The molecule has 1 aromatic carbocycles. The molecule has 1 saturated heterocycles. The van der Waals surface area contributed by atoms with Crippen molar-refractivity contribution in [1.29, 1.82) is 0 Å². The zero-order valence-corrected chi connectivity index (χ0v) is 18.4. The van der Waals surface area contributed by atoms with Crippen LogP contribution in [0.3, 0.4) is 0 Å². The fourth-order valence-corrected chi connectivity index (χ4v) is 4.34. The zero-order valence-electron chi connectivity index (χ0n) is 18.4. The molecule has 0 amide bonds. The van der Waals surface area contributed by atoms with Crippen molar-refractivity contribution in [2.75, 3.05) is 25.0 Å². The van der Waals surface area contributed by atoms with Crippen LogP contribution in [0.2, 0.25) is 0 Å². The lowest BCUT2D eigenvalue weighted by Gasteiger charge is -2.36. The van der Waals surface area contributed by atoms with Crippen molar-refractivity contribution in [3.8, 4) is 17.0 Å². The number of hydrogen-bond donors (Lipinski definition) is 3. The topological polar surface area (TPSA) is 94.4 Å². The van der Waals surface area contributed by atoms with Gasteiger partial charge in [-0.05, 0) is 63.1 Å². The van der Waals surface area contributed by atoms with E-state index in [1.807, 2.05) is 6.92 Å². The summed E-state index contributed by atoms with van der Waals surface area (Å²) in [6, 6.07) is 5.30. The number of alkyl halides is 3. The first-order chi connectivity index (χ1) is 15.7. The third kappa shape index (κ3) is 4.72. The largest absolute Gasteiger partial charge is 0.507 e. The maximum atomic E-state index is 13.1. The molecule has 2 atom stereocenters. The summed E-state index contributed by atoms with van der Waals surface area (Å²) < 4.78 is 39.4. The van der Waals surface area contributed by atoms with Crippen molar-refractivity contribution in [1.82, 2.24) is 20.1 Å². The van der Waals surface area contributed by atoms with E-state index in [1.165, 1.54) is 6.92 Å². The lowest BCUT2D eigenvalue weighted by Crippen LogP contribution is -2.47. The number of phenols is 1. The van der Waals surface area contributed by atoms with Crippen molar-refractivity contribution in [3.05, 3.63) is 41.6 Å². The van der Waals surface area contributed by atoms with Gasteiger partial charge in [0.2, 0.25) is 0 Å². The van der Waals surface area contributed by atoms with E-state index in [0.717, 1.165) is 32.0 Å². The molecular formula is C23H26F3N5O2. The minimum atomic E-state index is -4.56. The van der Waals surface area contributed by atoms with Crippen LogP contribution in [0.15, 0.2) is 30.5 Å². The Bertz CT molecular complexity index is 1130. The van der Waals surface area contributed by atoms with Crippen molar-refractivity contribution in [2.45, 2.75) is 44.9 Å². The number of aliphatic hydroxyl groups is 1. The van der Waals surface area contributed by atoms with E-state index in [-0.39, 0.29) is 35.5 Å². The third-order valence-corrected chi connectivity index (χ3v) is 6.10. The molecule has 0 aliphatic carbocycles. The van der Waals surface area contributed by atoms with Gasteiger partial charge in [0.05, 0.1) is 12.2 Å². The summed E-state index contributed by atoms with van der Waals surface area (Å²) in [5.41, 5.74) is 0.304. The number of nitrogens with one attached hydrogen (secondary N) is 1. The monoisotopic (exact) mass is 461 g/mol. The van der Waals surface area contributed by atoms with E-state index >= 15 is 0 Å². The lowest BCUT2D eigenvalue weighted by molar-refractivity contribution is -0.137. The molecule has 1 aliphatic rings. The summed E-state index contributed by atoms with van der Waals surface area (Å²) in [5.74, 6) is -0.0368. The maximum Gasteiger partial charge on any atom is 0.416 e. The minimum absolute atomic E-state index is 0.0588. The zero-order chi connectivity index (χ0) is 23.8. The highest BCUT2D eigenvalue weighted by atomic mass is 19.4. The third-order valence-electron chi connectivity index (χ3n) is 6.10. The second kappa shape index (κ2) is 9.11. The standard InChI is InChI=1S/C23H26F3N5O2/c1-13-9-15(23(24,25)26)10-18(33)19(13)20-17-6-3-7-27-21(17)22(30-29-20)28-16-5-4-8-31(11-16)14(2)12-32/h3,6-7,9-10,14,16,32-33H,4-5,8,11-12H2,1-2H3,(H,28,30). The predicted molar refractivity (Wildman–Crippen MR) is 119 cm³/mol. The number of benzene rings is 1. The van der Waals surface area contributed by atoms with Gasteiger partial charge in [-0.25, -0.2) is 0 Å². The molecule has 33 heavy (non-hydrogen) atoms. The molecule has 0 radical (unpaired) electrons. The van der Waals surface area contributed by atoms with Gasteiger partial charge >= 0.3 is 6.18 Å². The van der Waals surface area contributed by atoms with Crippen LogP contribution in [-0.2, 0) is 6.18 Å². The van der Waals surface area contributed by atoms with Crippen LogP contribution in [0.5, 0.6) is 5.75 Å². The molecule has 0 spiro atoms. The van der Waals surface area contributed by atoms with E-state index in [9.17, 15) is 23.4 Å². The van der Waals surface area contributed by atoms with Crippen molar-refractivity contribution in [3.63, 3.8) is 0 Å². The van der Waals surface area contributed by atoms with E-state index in [1.54, 1.807) is 18.3 Å². The highest BCUT2D eigenvalue weighted by Crippen LogP contribution is 2.40. The molecule has 1 aliphatic heterocycles. The molecule has 0 bridgehead atoms. The number of pyridine rings is 1. The lowest BCUT2D eigenvalue weighted by atomic mass is 9.98. The molecule has 0 saturated carbocycles. The number of anilines is 1. The van der Waals surface area contributed by atoms with Crippen molar-refractivity contribution >= 4 is 16.7 Å². The van der Waals surface area contributed by atoms with Gasteiger partial charge < -0.3 is 15.5 Å². The van der Waals surface area contributed by atoms with Gasteiger partial charge in [-0.3, -0.25) is 9.88 Å². The molecule has 3 aromatic rings. The number of aliphatic hydroxyl groups excluding tert-OH is 1. The van der Waals surface area contributed by atoms with Gasteiger partial charge in [0.15, 0.2) is 5.82 Å². The van der Waals surface area contributed by atoms with E-state index < -0.39 is 17.5 Å². The van der Waals surface area contributed by atoms with E-state index in [0.29, 0.717) is 22.8 Å². The summed E-state index contributed by atoms with van der Waals surface area (Å²) in [5, 5.41) is 32.5. The first kappa shape index (κ1) is 23.2. The molecule has 3 heterocycles. The molecule has 2 unspecified atom stereocenters. The number of halogens is 3. The molecule has 2 aromatic heterocycles. The van der Waals surface area contributed by atoms with Crippen LogP contribution in [0.1, 0.15) is 30.9 Å². The Hall–Kier alpha value is -2.98. The Balaban J connectivity index is 1.71. The van der Waals surface area contributed by atoms with Crippen LogP contribution in [0.4, 0.5) is 19.0 Å². The number of likely N-dealkylation sites (tertiary alicyclic amines) is 1. The van der Waals surface area contributed by atoms with Gasteiger partial charge in [-0.15, -0.1) is 10.2 Å². The number of piperidine rings is 1. The van der Waals surface area contributed by atoms with E-state index in [4.69, 9.17) is 0 Å². The van der Waals surface area contributed by atoms with Gasteiger partial charge in [0.25, 0.3) is 0 Å². The number of aryl methyl sites for hydroxylation is 1. The SMILES string of the molecule is Cc1cc(C(F)(F)F)cc(O)c1-c1nnc(NC2CCCN(C(C)CO)C2)c2ncccc12. The quantitative estimate of drug-likeness (QED) is 0.529. The Labute approximate surface area is 189 Å². The first-order valence-corrected chi connectivity index (χ1v) is 10.8. The molecule has 176 valence electrons. The number of nitrogens with zero attached hydrogens (tertiary/aromatic N) is 4. The van der Waals surface area contributed by atoms with Gasteiger partial charge in [0, 0.05) is 35.8 Å². The number of phenolic OH excluding ortho intramolecular Hbond substituents is 1. The summed E-state index contributed by atoms with van der Waals surface area (Å²) in [6.45, 7) is 5.21. The van der Waals surface area contributed by atoms with Gasteiger partial charge in [-0.1, -0.05) is 0 Å². The van der Waals surface area contributed by atoms with Crippen LogP contribution in [0.25, 0.3) is 22.2 Å². The highest BCUT2D eigenvalue weighted by molar-refractivity contribution is 5.99. The number of fused-ring (bicyclic) bond motifs is 1. The van der Waals surface area contributed by atoms with Gasteiger partial charge in [0.1, 0.15) is 17.0 Å². The van der Waals surface area contributed by atoms with Crippen LogP contribution >= 0.6 is 0 Å². The van der Waals surface area contributed by atoms with E-state index in [2.05, 4.69) is 25.4 Å². The highest BCUT2D eigenvalue weighted by Gasteiger charge is 2.32. The summed E-state index contributed by atoms with van der Waals surface area (Å²) in [7, 11) is 0. The number of rotatable bonds is 5. The van der Waals surface area contributed by atoms with Crippen LogP contribution in [-0.4, -0.2) is 62.1 Å². The summed E-state index contributed by atoms with van der Waals surface area (Å²) in [6.07, 6.45) is -1.06. The van der Waals surface area contributed by atoms with Crippen molar-refractivity contribution in [2.24, 2.45) is 0 Å². The Morgan fingerprint density at radius 1 is 1.27 bits per heavy atom. The second-order valence-corrected chi connectivity index (χ2v) is 8.49. The molecule has 4 rings (SSSR count).